The molecule has 1 unspecified atom stereocenters. The molecule has 0 spiro atoms. The molecule has 142 valence electrons. The second-order valence-corrected chi connectivity index (χ2v) is 7.18. The number of carbonyl (C=O) groups excluding carboxylic acids is 2. The van der Waals surface area contributed by atoms with Crippen LogP contribution in [0.2, 0.25) is 5.02 Å². The molecule has 5 nitrogen and oxygen atoms in total. The van der Waals surface area contributed by atoms with Gasteiger partial charge in [0.2, 0.25) is 5.91 Å². The van der Waals surface area contributed by atoms with Crippen LogP contribution in [0.3, 0.4) is 0 Å². The quantitative estimate of drug-likeness (QED) is 0.877. The highest BCUT2D eigenvalue weighted by molar-refractivity contribution is 6.33. The Balaban J connectivity index is 1.66. The van der Waals surface area contributed by atoms with Crippen LogP contribution in [0.1, 0.15) is 22.8 Å². The molecule has 2 aromatic carbocycles. The van der Waals surface area contributed by atoms with E-state index in [2.05, 4.69) is 0 Å². The van der Waals surface area contributed by atoms with E-state index in [-0.39, 0.29) is 22.4 Å². The van der Waals surface area contributed by atoms with E-state index in [0.717, 1.165) is 11.6 Å². The van der Waals surface area contributed by atoms with Gasteiger partial charge in [-0.3, -0.25) is 9.59 Å². The van der Waals surface area contributed by atoms with Crippen LogP contribution >= 0.6 is 11.6 Å². The third-order valence-corrected chi connectivity index (χ3v) is 5.15. The molecule has 1 aliphatic heterocycles. The van der Waals surface area contributed by atoms with Crippen molar-refractivity contribution >= 4 is 23.4 Å². The first-order chi connectivity index (χ1) is 12.8. The molecule has 0 aromatic heterocycles. The van der Waals surface area contributed by atoms with Crippen LogP contribution in [0.15, 0.2) is 48.5 Å². The minimum Gasteiger partial charge on any atom is -0.337 e. The maximum absolute atomic E-state index is 13.2. The lowest BCUT2D eigenvalue weighted by Gasteiger charge is -2.38. The fraction of sp³-hybridized carbons (Fsp3) is 0.300. The van der Waals surface area contributed by atoms with E-state index in [4.69, 9.17) is 17.3 Å². The Kier molecular flexibility index (Phi) is 5.48. The van der Waals surface area contributed by atoms with Crippen LogP contribution in [0.5, 0.6) is 0 Å². The number of amides is 2. The topological polar surface area (TPSA) is 66.6 Å². The molecule has 2 aromatic rings. The molecular formula is C20H21ClFN3O2. The molecule has 3 rings (SSSR count). The van der Waals surface area contributed by atoms with Crippen molar-refractivity contribution in [3.05, 3.63) is 70.5 Å². The predicted octanol–water partition coefficient (Wildman–Crippen LogP) is 2.64. The number of halogens is 2. The van der Waals surface area contributed by atoms with Crippen LogP contribution in [0.25, 0.3) is 0 Å². The maximum atomic E-state index is 13.2. The summed E-state index contributed by atoms with van der Waals surface area (Å²) in [5.41, 5.74) is 6.17. The van der Waals surface area contributed by atoms with Gasteiger partial charge in [0, 0.05) is 26.2 Å². The summed E-state index contributed by atoms with van der Waals surface area (Å²) in [5.74, 6) is -0.943. The number of hydrogen-bond donors (Lipinski definition) is 1. The number of carbonyl (C=O) groups is 2. The van der Waals surface area contributed by atoms with Crippen molar-refractivity contribution in [3.8, 4) is 0 Å². The zero-order chi connectivity index (χ0) is 19.6. The van der Waals surface area contributed by atoms with Crippen LogP contribution in [-0.2, 0) is 10.3 Å². The summed E-state index contributed by atoms with van der Waals surface area (Å²) in [5, 5.41) is 0.0807. The van der Waals surface area contributed by atoms with E-state index in [0.29, 0.717) is 26.2 Å². The highest BCUT2D eigenvalue weighted by Crippen LogP contribution is 2.23. The number of nitrogens with zero attached hydrogens (tertiary/aromatic N) is 2. The van der Waals surface area contributed by atoms with Crippen LogP contribution in [-0.4, -0.2) is 47.8 Å². The van der Waals surface area contributed by atoms with Gasteiger partial charge in [0.1, 0.15) is 11.4 Å². The van der Waals surface area contributed by atoms with Gasteiger partial charge in [-0.1, -0.05) is 41.9 Å². The number of benzene rings is 2. The molecule has 1 atom stereocenters. The Hall–Kier alpha value is -2.44. The van der Waals surface area contributed by atoms with Gasteiger partial charge in [-0.2, -0.15) is 0 Å². The monoisotopic (exact) mass is 389 g/mol. The van der Waals surface area contributed by atoms with Crippen LogP contribution in [0, 0.1) is 5.82 Å². The third kappa shape index (κ3) is 3.96. The summed E-state index contributed by atoms with van der Waals surface area (Å²) in [6.07, 6.45) is 0. The first-order valence-electron chi connectivity index (χ1n) is 8.69. The van der Waals surface area contributed by atoms with Gasteiger partial charge < -0.3 is 15.5 Å². The number of rotatable bonds is 3. The Bertz CT molecular complexity index is 850. The molecule has 0 radical (unpaired) electrons. The zero-order valence-corrected chi connectivity index (χ0v) is 15.7. The number of hydrogen-bond acceptors (Lipinski definition) is 3. The minimum atomic E-state index is -1.13. The van der Waals surface area contributed by atoms with Crippen LogP contribution in [0.4, 0.5) is 4.39 Å². The molecular weight excluding hydrogens is 369 g/mol. The normalized spacial score (nSPS) is 16.7. The number of nitrogens with two attached hydrogens (primary N) is 1. The molecule has 27 heavy (non-hydrogen) atoms. The standard InChI is InChI=1S/C20H21ClFN3O2/c1-20(23,14-5-3-2-4-6-14)19(27)25-11-9-24(10-12-25)18(26)16-8-7-15(22)13-17(16)21/h2-8,13H,9-12,23H2,1H3. The molecule has 1 aliphatic rings. The molecule has 7 heteroatoms. The highest BCUT2D eigenvalue weighted by Gasteiger charge is 2.36. The number of piperazine rings is 1. The van der Waals surface area contributed by atoms with Crippen molar-refractivity contribution in [1.29, 1.82) is 0 Å². The van der Waals surface area contributed by atoms with Crippen molar-refractivity contribution in [2.75, 3.05) is 26.2 Å². The van der Waals surface area contributed by atoms with Gasteiger partial charge in [0.25, 0.3) is 5.91 Å². The molecule has 0 aliphatic carbocycles. The predicted molar refractivity (Wildman–Crippen MR) is 102 cm³/mol. The molecule has 1 heterocycles. The average molecular weight is 390 g/mol. The Morgan fingerprint density at radius 1 is 1.04 bits per heavy atom. The zero-order valence-electron chi connectivity index (χ0n) is 15.0. The van der Waals surface area contributed by atoms with E-state index in [1.165, 1.54) is 12.1 Å². The van der Waals surface area contributed by atoms with Crippen molar-refractivity contribution in [1.82, 2.24) is 9.80 Å². The van der Waals surface area contributed by atoms with Crippen LogP contribution < -0.4 is 5.73 Å². The summed E-state index contributed by atoms with van der Waals surface area (Å²) in [6.45, 7) is 3.18. The molecule has 0 bridgehead atoms. The van der Waals surface area contributed by atoms with Gasteiger partial charge in [0.15, 0.2) is 0 Å². The fourth-order valence-electron chi connectivity index (χ4n) is 3.18. The third-order valence-electron chi connectivity index (χ3n) is 4.83. The Labute approximate surface area is 162 Å². The van der Waals surface area contributed by atoms with Crippen molar-refractivity contribution < 1.29 is 14.0 Å². The van der Waals surface area contributed by atoms with Gasteiger partial charge in [-0.05, 0) is 30.7 Å². The van der Waals surface area contributed by atoms with E-state index in [1.807, 2.05) is 30.3 Å². The van der Waals surface area contributed by atoms with E-state index in [9.17, 15) is 14.0 Å². The first-order valence-corrected chi connectivity index (χ1v) is 9.06. The molecule has 2 N–H and O–H groups in total. The first kappa shape index (κ1) is 19.3. The van der Waals surface area contributed by atoms with E-state index in [1.54, 1.807) is 16.7 Å². The van der Waals surface area contributed by atoms with Crippen molar-refractivity contribution in [3.63, 3.8) is 0 Å². The summed E-state index contributed by atoms with van der Waals surface area (Å²) >= 11 is 5.98. The molecule has 1 saturated heterocycles. The van der Waals surface area contributed by atoms with Crippen molar-refractivity contribution in [2.24, 2.45) is 5.73 Å². The van der Waals surface area contributed by atoms with Gasteiger partial charge >= 0.3 is 0 Å². The van der Waals surface area contributed by atoms with Gasteiger partial charge in [0.05, 0.1) is 10.6 Å². The summed E-state index contributed by atoms with van der Waals surface area (Å²) in [4.78, 5) is 28.8. The van der Waals surface area contributed by atoms with Crippen molar-refractivity contribution in [2.45, 2.75) is 12.5 Å². The minimum absolute atomic E-state index is 0.0807. The van der Waals surface area contributed by atoms with E-state index < -0.39 is 11.4 Å². The second-order valence-electron chi connectivity index (χ2n) is 6.78. The maximum Gasteiger partial charge on any atom is 0.255 e. The molecule has 0 saturated carbocycles. The second kappa shape index (κ2) is 7.66. The average Bonchev–Trinajstić information content (AvgIpc) is 2.68. The lowest BCUT2D eigenvalue weighted by Crippen LogP contribution is -2.57. The Morgan fingerprint density at radius 3 is 2.22 bits per heavy atom. The molecule has 1 fully saturated rings. The van der Waals surface area contributed by atoms with Gasteiger partial charge in [-0.25, -0.2) is 4.39 Å². The Morgan fingerprint density at radius 2 is 1.63 bits per heavy atom. The largest absolute Gasteiger partial charge is 0.337 e. The summed E-state index contributed by atoms with van der Waals surface area (Å²) in [6, 6.07) is 12.9. The lowest BCUT2D eigenvalue weighted by atomic mass is 9.91. The summed E-state index contributed by atoms with van der Waals surface area (Å²) < 4.78 is 13.2. The smallest absolute Gasteiger partial charge is 0.255 e. The van der Waals surface area contributed by atoms with Gasteiger partial charge in [-0.15, -0.1) is 0 Å². The summed E-state index contributed by atoms with van der Waals surface area (Å²) in [7, 11) is 0. The lowest BCUT2D eigenvalue weighted by molar-refractivity contribution is -0.138. The SMILES string of the molecule is CC(N)(C(=O)N1CCN(C(=O)c2ccc(F)cc2Cl)CC1)c1ccccc1. The fourth-order valence-corrected chi connectivity index (χ4v) is 3.43. The molecule has 2 amide bonds. The van der Waals surface area contributed by atoms with E-state index >= 15 is 0 Å². The highest BCUT2D eigenvalue weighted by atomic mass is 35.5.